The van der Waals surface area contributed by atoms with Gasteiger partial charge in [-0.1, -0.05) is 6.07 Å². The van der Waals surface area contributed by atoms with Crippen LogP contribution in [0, 0.1) is 27.7 Å². The fraction of sp³-hybridized carbons (Fsp3) is 0.500. The Morgan fingerprint density at radius 2 is 1.44 bits per heavy atom. The van der Waals surface area contributed by atoms with E-state index in [0.717, 1.165) is 28.5 Å². The summed E-state index contributed by atoms with van der Waals surface area (Å²) < 4.78 is 23.0. The average Bonchev–Trinajstić information content (AvgIpc) is 2.24. The molecule has 1 unspecified atom stereocenters. The van der Waals surface area contributed by atoms with E-state index in [1.165, 1.54) is 6.92 Å². The monoisotopic (exact) mass is 268 g/mol. The van der Waals surface area contributed by atoms with Crippen LogP contribution in [-0.4, -0.2) is 25.7 Å². The molecule has 1 aromatic rings. The summed E-state index contributed by atoms with van der Waals surface area (Å²) >= 11 is 0. The van der Waals surface area contributed by atoms with E-state index in [1.807, 2.05) is 33.8 Å². The molecule has 0 spiro atoms. The summed E-state index contributed by atoms with van der Waals surface area (Å²) in [5, 5.41) is -0.990. The SMILES string of the molecule is Cc1cc(C)c(C)c(C(=O)C(C)S(C)(=O)=O)c1C. The zero-order valence-electron chi connectivity index (χ0n) is 11.8. The predicted octanol–water partition coefficient (Wildman–Crippen LogP) is 2.54. The molecule has 0 radical (unpaired) electrons. The maximum Gasteiger partial charge on any atom is 0.181 e. The lowest BCUT2D eigenvalue weighted by molar-refractivity contribution is 0.0990. The molecule has 0 aliphatic heterocycles. The number of benzene rings is 1. The van der Waals surface area contributed by atoms with E-state index in [2.05, 4.69) is 0 Å². The van der Waals surface area contributed by atoms with Crippen LogP contribution in [-0.2, 0) is 9.84 Å². The minimum absolute atomic E-state index is 0.306. The lowest BCUT2D eigenvalue weighted by Crippen LogP contribution is -2.28. The van der Waals surface area contributed by atoms with E-state index < -0.39 is 15.1 Å². The topological polar surface area (TPSA) is 51.2 Å². The molecular formula is C14H20O3S. The lowest BCUT2D eigenvalue weighted by Gasteiger charge is -2.17. The van der Waals surface area contributed by atoms with Gasteiger partial charge in [0.1, 0.15) is 5.25 Å². The van der Waals surface area contributed by atoms with Gasteiger partial charge in [-0.3, -0.25) is 4.79 Å². The fourth-order valence-electron chi connectivity index (χ4n) is 1.98. The molecule has 100 valence electrons. The highest BCUT2D eigenvalue weighted by Gasteiger charge is 2.27. The molecule has 18 heavy (non-hydrogen) atoms. The van der Waals surface area contributed by atoms with Crippen LogP contribution in [0.2, 0.25) is 0 Å². The number of hydrogen-bond acceptors (Lipinski definition) is 3. The van der Waals surface area contributed by atoms with Crippen molar-refractivity contribution in [3.8, 4) is 0 Å². The van der Waals surface area contributed by atoms with Crippen LogP contribution in [0.4, 0.5) is 0 Å². The standard InChI is InChI=1S/C14H20O3S/c1-8-7-9(2)11(4)13(10(8)3)14(15)12(5)18(6,16)17/h7,12H,1-6H3. The molecule has 0 saturated carbocycles. The second kappa shape index (κ2) is 4.84. The van der Waals surface area contributed by atoms with Gasteiger partial charge in [-0.25, -0.2) is 8.42 Å². The Morgan fingerprint density at radius 3 is 1.78 bits per heavy atom. The molecule has 4 heteroatoms. The Labute approximate surface area is 109 Å². The first-order valence-electron chi connectivity index (χ1n) is 5.87. The van der Waals surface area contributed by atoms with Crippen molar-refractivity contribution in [3.05, 3.63) is 33.9 Å². The first-order valence-corrected chi connectivity index (χ1v) is 7.83. The number of sulfone groups is 1. The first kappa shape index (κ1) is 14.9. The molecule has 0 aliphatic rings. The van der Waals surface area contributed by atoms with Gasteiger partial charge in [-0.05, 0) is 56.9 Å². The van der Waals surface area contributed by atoms with E-state index >= 15 is 0 Å². The second-order valence-electron chi connectivity index (χ2n) is 4.97. The normalized spacial score (nSPS) is 13.4. The van der Waals surface area contributed by atoms with Crippen molar-refractivity contribution in [1.29, 1.82) is 0 Å². The number of Topliss-reactive ketones (excluding diaryl/α,β-unsaturated/α-hetero) is 1. The summed E-state index contributed by atoms with van der Waals surface area (Å²) in [5.41, 5.74) is 4.34. The third-order valence-corrected chi connectivity index (χ3v) is 5.12. The molecule has 0 saturated heterocycles. The van der Waals surface area contributed by atoms with Gasteiger partial charge in [-0.2, -0.15) is 0 Å². The Balaban J connectivity index is 3.48. The first-order chi connectivity index (χ1) is 8.07. The molecule has 1 rings (SSSR count). The summed E-state index contributed by atoms with van der Waals surface area (Å²) in [5.74, 6) is -0.306. The lowest BCUT2D eigenvalue weighted by atomic mass is 9.91. The number of hydrogen-bond donors (Lipinski definition) is 0. The van der Waals surface area contributed by atoms with E-state index in [4.69, 9.17) is 0 Å². The highest BCUT2D eigenvalue weighted by Crippen LogP contribution is 2.24. The Hall–Kier alpha value is -1.16. The van der Waals surface area contributed by atoms with Crippen LogP contribution in [0.5, 0.6) is 0 Å². The van der Waals surface area contributed by atoms with Gasteiger partial charge in [0.25, 0.3) is 0 Å². The zero-order chi connectivity index (χ0) is 14.2. The maximum atomic E-state index is 12.4. The van der Waals surface area contributed by atoms with Crippen LogP contribution >= 0.6 is 0 Å². The molecular weight excluding hydrogens is 248 g/mol. The van der Waals surface area contributed by atoms with Crippen molar-refractivity contribution in [2.45, 2.75) is 39.9 Å². The number of carbonyl (C=O) groups is 1. The van der Waals surface area contributed by atoms with Crippen LogP contribution in [0.25, 0.3) is 0 Å². The molecule has 1 aromatic carbocycles. The van der Waals surface area contributed by atoms with Crippen molar-refractivity contribution < 1.29 is 13.2 Å². The van der Waals surface area contributed by atoms with Gasteiger partial charge in [0.2, 0.25) is 0 Å². The highest BCUT2D eigenvalue weighted by atomic mass is 32.2. The van der Waals surface area contributed by atoms with Gasteiger partial charge >= 0.3 is 0 Å². The molecule has 0 aliphatic carbocycles. The van der Waals surface area contributed by atoms with Gasteiger partial charge in [-0.15, -0.1) is 0 Å². The van der Waals surface area contributed by atoms with Gasteiger partial charge in [0.15, 0.2) is 15.6 Å². The minimum Gasteiger partial charge on any atom is -0.293 e. The molecule has 0 bridgehead atoms. The van der Waals surface area contributed by atoms with E-state index in [0.29, 0.717) is 5.56 Å². The number of rotatable bonds is 3. The third-order valence-electron chi connectivity index (χ3n) is 3.62. The zero-order valence-corrected chi connectivity index (χ0v) is 12.6. The van der Waals surface area contributed by atoms with Gasteiger partial charge < -0.3 is 0 Å². The molecule has 0 fully saturated rings. The second-order valence-corrected chi connectivity index (χ2v) is 7.34. The summed E-state index contributed by atoms with van der Waals surface area (Å²) in [6, 6.07) is 2.02. The third kappa shape index (κ3) is 2.64. The number of aryl methyl sites for hydroxylation is 2. The van der Waals surface area contributed by atoms with Crippen molar-refractivity contribution >= 4 is 15.6 Å². The Morgan fingerprint density at radius 1 is 1.06 bits per heavy atom. The van der Waals surface area contributed by atoms with Gasteiger partial charge in [0, 0.05) is 11.8 Å². The highest BCUT2D eigenvalue weighted by molar-refractivity contribution is 7.92. The minimum atomic E-state index is -3.36. The molecule has 0 aromatic heterocycles. The Kier molecular flexibility index (Phi) is 4.01. The summed E-state index contributed by atoms with van der Waals surface area (Å²) in [6.07, 6.45) is 1.10. The van der Waals surface area contributed by atoms with Crippen LogP contribution in [0.15, 0.2) is 6.07 Å². The van der Waals surface area contributed by atoms with E-state index in [9.17, 15) is 13.2 Å². The van der Waals surface area contributed by atoms with Gasteiger partial charge in [0.05, 0.1) is 0 Å². The fourth-order valence-corrected chi connectivity index (χ4v) is 2.49. The largest absolute Gasteiger partial charge is 0.293 e. The molecule has 3 nitrogen and oxygen atoms in total. The number of carbonyl (C=O) groups excluding carboxylic acids is 1. The maximum absolute atomic E-state index is 12.4. The van der Waals surface area contributed by atoms with Crippen molar-refractivity contribution in [3.63, 3.8) is 0 Å². The Bertz CT molecular complexity index is 572. The van der Waals surface area contributed by atoms with Crippen LogP contribution in [0.1, 0.15) is 39.5 Å². The molecule has 0 amide bonds. The average molecular weight is 268 g/mol. The van der Waals surface area contributed by atoms with Crippen molar-refractivity contribution in [2.24, 2.45) is 0 Å². The number of ketones is 1. The van der Waals surface area contributed by atoms with Crippen LogP contribution < -0.4 is 0 Å². The molecule has 0 N–H and O–H groups in total. The smallest absolute Gasteiger partial charge is 0.181 e. The molecule has 0 heterocycles. The molecule has 1 atom stereocenters. The van der Waals surface area contributed by atoms with Crippen molar-refractivity contribution in [2.75, 3.05) is 6.26 Å². The quantitative estimate of drug-likeness (QED) is 0.792. The van der Waals surface area contributed by atoms with E-state index in [1.54, 1.807) is 0 Å². The summed E-state index contributed by atoms with van der Waals surface area (Å²) in [7, 11) is -3.36. The summed E-state index contributed by atoms with van der Waals surface area (Å²) in [4.78, 5) is 12.4. The van der Waals surface area contributed by atoms with Crippen LogP contribution in [0.3, 0.4) is 0 Å². The predicted molar refractivity (Wildman–Crippen MR) is 74.0 cm³/mol. The van der Waals surface area contributed by atoms with E-state index in [-0.39, 0.29) is 5.78 Å². The summed E-state index contributed by atoms with van der Waals surface area (Å²) in [6.45, 7) is 9.05. The van der Waals surface area contributed by atoms with Crippen molar-refractivity contribution in [1.82, 2.24) is 0 Å².